The van der Waals surface area contributed by atoms with Gasteiger partial charge in [0.1, 0.15) is 17.6 Å². The van der Waals surface area contributed by atoms with Crippen LogP contribution in [0, 0.1) is 0 Å². The van der Waals surface area contributed by atoms with Gasteiger partial charge in [0.2, 0.25) is 11.5 Å². The molecule has 0 spiro atoms. The number of furan rings is 1. The van der Waals surface area contributed by atoms with Crippen LogP contribution in [-0.2, 0) is 17.8 Å². The number of carbonyl (C=O) groups excluding carboxylic acids is 1. The molecule has 4 aromatic rings. The first kappa shape index (κ1) is 18.0. The van der Waals surface area contributed by atoms with Crippen LogP contribution in [0.5, 0.6) is 0 Å². The number of amides is 1. The van der Waals surface area contributed by atoms with Crippen LogP contribution in [0.3, 0.4) is 0 Å². The van der Waals surface area contributed by atoms with Crippen molar-refractivity contribution in [1.29, 1.82) is 0 Å². The fourth-order valence-electron chi connectivity index (χ4n) is 3.30. The van der Waals surface area contributed by atoms with Crippen LogP contribution in [-0.4, -0.2) is 15.5 Å². The molecule has 0 aliphatic rings. The van der Waals surface area contributed by atoms with E-state index in [0.717, 1.165) is 17.4 Å². The minimum absolute atomic E-state index is 0.115. The number of nitrogens with zero attached hydrogens (tertiary/aromatic N) is 2. The lowest BCUT2D eigenvalue weighted by atomic mass is 10.1. The molecule has 0 aliphatic heterocycles. The maximum atomic E-state index is 12.7. The van der Waals surface area contributed by atoms with E-state index in [0.29, 0.717) is 11.1 Å². The van der Waals surface area contributed by atoms with Gasteiger partial charge in [-0.1, -0.05) is 43.3 Å². The van der Waals surface area contributed by atoms with Crippen molar-refractivity contribution >= 4 is 28.0 Å². The first-order valence-electron chi connectivity index (χ1n) is 9.31. The van der Waals surface area contributed by atoms with E-state index in [4.69, 9.17) is 4.42 Å². The van der Waals surface area contributed by atoms with Crippen LogP contribution in [0.2, 0.25) is 0 Å². The molecular formula is C22H21N3O3. The van der Waals surface area contributed by atoms with E-state index >= 15 is 0 Å². The van der Waals surface area contributed by atoms with Crippen LogP contribution >= 0.6 is 0 Å². The van der Waals surface area contributed by atoms with Crippen molar-refractivity contribution in [1.82, 2.24) is 14.9 Å². The molecule has 0 unspecified atom stereocenters. The van der Waals surface area contributed by atoms with E-state index < -0.39 is 0 Å². The van der Waals surface area contributed by atoms with Gasteiger partial charge in [-0.2, -0.15) is 0 Å². The second-order valence-electron chi connectivity index (χ2n) is 6.84. The molecule has 0 saturated carbocycles. The van der Waals surface area contributed by atoms with Crippen molar-refractivity contribution in [2.45, 2.75) is 32.9 Å². The zero-order chi connectivity index (χ0) is 19.7. The summed E-state index contributed by atoms with van der Waals surface area (Å²) in [4.78, 5) is 29.5. The Morgan fingerprint density at radius 3 is 2.68 bits per heavy atom. The van der Waals surface area contributed by atoms with Gasteiger partial charge in [-0.15, -0.1) is 0 Å². The van der Waals surface area contributed by atoms with Gasteiger partial charge in [-0.3, -0.25) is 14.2 Å². The van der Waals surface area contributed by atoms with Gasteiger partial charge in [0.25, 0.3) is 5.56 Å². The Bertz CT molecular complexity index is 1210. The van der Waals surface area contributed by atoms with E-state index in [1.807, 2.05) is 37.3 Å². The third-order valence-electron chi connectivity index (χ3n) is 4.93. The number of benzene rings is 2. The Labute approximate surface area is 161 Å². The lowest BCUT2D eigenvalue weighted by molar-refractivity contribution is -0.122. The Kier molecular flexibility index (Phi) is 4.69. The molecule has 0 aliphatic carbocycles. The molecule has 1 amide bonds. The third kappa shape index (κ3) is 3.29. The lowest BCUT2D eigenvalue weighted by Gasteiger charge is -2.15. The van der Waals surface area contributed by atoms with Crippen molar-refractivity contribution in [3.8, 4) is 0 Å². The molecular weight excluding hydrogens is 354 g/mol. The number of carbonyl (C=O) groups is 1. The summed E-state index contributed by atoms with van der Waals surface area (Å²) < 4.78 is 6.92. The van der Waals surface area contributed by atoms with Gasteiger partial charge in [0.05, 0.1) is 12.4 Å². The summed E-state index contributed by atoms with van der Waals surface area (Å²) in [7, 11) is 0. The SMILES string of the molecule is CCc1ccc([C@H](C)NC(=O)Cn2cnc3c(oc4ccccc43)c2=O)cc1. The zero-order valence-electron chi connectivity index (χ0n) is 15.8. The molecule has 2 aromatic heterocycles. The second-order valence-corrected chi connectivity index (χ2v) is 6.84. The first-order chi connectivity index (χ1) is 13.6. The maximum absolute atomic E-state index is 12.7. The number of rotatable bonds is 5. The van der Waals surface area contributed by atoms with Crippen LogP contribution in [0.15, 0.2) is 64.1 Å². The van der Waals surface area contributed by atoms with Crippen LogP contribution < -0.4 is 10.9 Å². The smallest absolute Gasteiger partial charge is 0.297 e. The lowest BCUT2D eigenvalue weighted by Crippen LogP contribution is -2.33. The number of aryl methyl sites for hydroxylation is 1. The summed E-state index contributed by atoms with van der Waals surface area (Å²) in [5, 5.41) is 3.71. The number of para-hydroxylation sites is 1. The van der Waals surface area contributed by atoms with E-state index in [1.165, 1.54) is 16.5 Å². The Morgan fingerprint density at radius 1 is 1.18 bits per heavy atom. The fraction of sp³-hybridized carbons (Fsp3) is 0.227. The van der Waals surface area contributed by atoms with E-state index in [-0.39, 0.29) is 29.6 Å². The molecule has 2 aromatic carbocycles. The molecule has 1 N–H and O–H groups in total. The molecule has 0 radical (unpaired) electrons. The predicted octanol–water partition coefficient (Wildman–Crippen LogP) is 3.58. The van der Waals surface area contributed by atoms with Crippen molar-refractivity contribution in [3.05, 3.63) is 76.3 Å². The van der Waals surface area contributed by atoms with Gasteiger partial charge in [0, 0.05) is 5.39 Å². The monoisotopic (exact) mass is 375 g/mol. The van der Waals surface area contributed by atoms with E-state index in [9.17, 15) is 9.59 Å². The number of hydrogen-bond donors (Lipinski definition) is 1. The van der Waals surface area contributed by atoms with Crippen molar-refractivity contribution in [2.75, 3.05) is 0 Å². The molecule has 6 nitrogen and oxygen atoms in total. The predicted molar refractivity (Wildman–Crippen MR) is 108 cm³/mol. The summed E-state index contributed by atoms with van der Waals surface area (Å²) >= 11 is 0. The normalized spacial score (nSPS) is 12.4. The number of hydrogen-bond acceptors (Lipinski definition) is 4. The summed E-state index contributed by atoms with van der Waals surface area (Å²) in [5.41, 5.74) is 3.19. The molecule has 6 heteroatoms. The largest absolute Gasteiger partial charge is 0.448 e. The van der Waals surface area contributed by atoms with E-state index in [1.54, 1.807) is 6.07 Å². The zero-order valence-corrected chi connectivity index (χ0v) is 15.8. The quantitative estimate of drug-likeness (QED) is 0.578. The second kappa shape index (κ2) is 7.31. The molecule has 28 heavy (non-hydrogen) atoms. The van der Waals surface area contributed by atoms with E-state index in [2.05, 4.69) is 29.4 Å². The minimum atomic E-state index is -0.365. The molecule has 1 atom stereocenters. The summed E-state index contributed by atoms with van der Waals surface area (Å²) in [6, 6.07) is 15.3. The van der Waals surface area contributed by atoms with Crippen molar-refractivity contribution in [2.24, 2.45) is 0 Å². The minimum Gasteiger partial charge on any atom is -0.448 e. The molecule has 4 rings (SSSR count). The topological polar surface area (TPSA) is 77.1 Å². The highest BCUT2D eigenvalue weighted by molar-refractivity contribution is 6.01. The van der Waals surface area contributed by atoms with Crippen LogP contribution in [0.1, 0.15) is 31.0 Å². The van der Waals surface area contributed by atoms with Crippen LogP contribution in [0.4, 0.5) is 0 Å². The highest BCUT2D eigenvalue weighted by atomic mass is 16.3. The Morgan fingerprint density at radius 2 is 1.93 bits per heavy atom. The van der Waals surface area contributed by atoms with Gasteiger partial charge in [-0.05, 0) is 36.6 Å². The molecule has 0 saturated heterocycles. The average molecular weight is 375 g/mol. The number of nitrogens with one attached hydrogen (secondary N) is 1. The van der Waals surface area contributed by atoms with Gasteiger partial charge in [0.15, 0.2) is 0 Å². The number of fused-ring (bicyclic) bond motifs is 3. The van der Waals surface area contributed by atoms with Gasteiger partial charge < -0.3 is 9.73 Å². The fourth-order valence-corrected chi connectivity index (χ4v) is 3.30. The first-order valence-corrected chi connectivity index (χ1v) is 9.31. The summed E-state index contributed by atoms with van der Waals surface area (Å²) in [6.45, 7) is 3.91. The maximum Gasteiger partial charge on any atom is 0.297 e. The molecule has 0 fully saturated rings. The van der Waals surface area contributed by atoms with Gasteiger partial charge in [-0.25, -0.2) is 4.98 Å². The van der Waals surface area contributed by atoms with Crippen LogP contribution in [0.25, 0.3) is 22.1 Å². The van der Waals surface area contributed by atoms with Crippen molar-refractivity contribution in [3.63, 3.8) is 0 Å². The molecule has 142 valence electrons. The average Bonchev–Trinajstić information content (AvgIpc) is 3.09. The third-order valence-corrected chi connectivity index (χ3v) is 4.93. The molecule has 0 bridgehead atoms. The van der Waals surface area contributed by atoms with Crippen molar-refractivity contribution < 1.29 is 9.21 Å². The highest BCUT2D eigenvalue weighted by Crippen LogP contribution is 2.24. The highest BCUT2D eigenvalue weighted by Gasteiger charge is 2.15. The summed E-state index contributed by atoms with van der Waals surface area (Å²) in [6.07, 6.45) is 2.37. The van der Waals surface area contributed by atoms with Gasteiger partial charge >= 0.3 is 0 Å². The Balaban J connectivity index is 1.53. The molecule has 2 heterocycles. The number of aromatic nitrogens is 2. The Hall–Kier alpha value is -3.41. The summed E-state index contributed by atoms with van der Waals surface area (Å²) in [5.74, 6) is -0.258. The standard InChI is InChI=1S/C22H21N3O3/c1-3-15-8-10-16(11-9-15)14(2)24-19(26)12-25-13-23-20-17-6-4-5-7-18(17)28-21(20)22(25)27/h4-11,13-14H,3,12H2,1-2H3,(H,24,26)/t14-/m0/s1.